The van der Waals surface area contributed by atoms with Gasteiger partial charge < -0.3 is 15.2 Å². The van der Waals surface area contributed by atoms with Crippen LogP contribution in [0.25, 0.3) is 0 Å². The highest BCUT2D eigenvalue weighted by Crippen LogP contribution is 2.22. The van der Waals surface area contributed by atoms with Crippen molar-refractivity contribution in [2.45, 2.75) is 38.6 Å². The van der Waals surface area contributed by atoms with E-state index in [1.54, 1.807) is 0 Å². The third kappa shape index (κ3) is 8.99. The van der Waals surface area contributed by atoms with E-state index < -0.39 is 41.4 Å². The lowest BCUT2D eigenvalue weighted by atomic mass is 10.1. The minimum absolute atomic E-state index is 0.0818. The molecule has 0 aliphatic rings. The second-order valence-corrected chi connectivity index (χ2v) is 6.00. The van der Waals surface area contributed by atoms with Gasteiger partial charge in [-0.1, -0.05) is 13.0 Å². The first-order valence-corrected chi connectivity index (χ1v) is 8.93. The Morgan fingerprint density at radius 1 is 1.30 bits per heavy atom. The lowest BCUT2D eigenvalue weighted by Crippen LogP contribution is -2.26. The molecule has 164 valence electrons. The Balaban J connectivity index is 2.82. The number of nitrogens with one attached hydrogen (secondary N) is 1. The van der Waals surface area contributed by atoms with Crippen LogP contribution in [-0.2, 0) is 14.3 Å². The normalized spacial score (nSPS) is 13.6. The van der Waals surface area contributed by atoms with Crippen LogP contribution < -0.4 is 5.32 Å². The number of ether oxygens (including phenoxy) is 1. The van der Waals surface area contributed by atoms with Crippen molar-refractivity contribution in [3.05, 3.63) is 54.4 Å². The van der Waals surface area contributed by atoms with E-state index in [2.05, 4.69) is 16.9 Å². The van der Waals surface area contributed by atoms with Gasteiger partial charge in [-0.3, -0.25) is 4.79 Å². The summed E-state index contributed by atoms with van der Waals surface area (Å²) in [5.41, 5.74) is -1.50. The van der Waals surface area contributed by atoms with Crippen molar-refractivity contribution in [3.63, 3.8) is 0 Å². The molecule has 0 bridgehead atoms. The molecule has 0 saturated heterocycles. The Morgan fingerprint density at radius 3 is 2.43 bits per heavy atom. The molecule has 1 unspecified atom stereocenters. The lowest BCUT2D eigenvalue weighted by molar-refractivity contribution is -0.132. The van der Waals surface area contributed by atoms with Crippen LogP contribution in [0.1, 0.15) is 26.2 Å². The van der Waals surface area contributed by atoms with Crippen LogP contribution in [-0.4, -0.2) is 41.7 Å². The Morgan fingerprint density at radius 2 is 1.93 bits per heavy atom. The summed E-state index contributed by atoms with van der Waals surface area (Å²) in [5, 5.41) is 11.5. The van der Waals surface area contributed by atoms with Crippen molar-refractivity contribution in [3.8, 4) is 0 Å². The molecule has 1 rings (SSSR count). The number of aliphatic carboxylic acids is 1. The molecule has 0 spiro atoms. The Kier molecular flexibility index (Phi) is 9.90. The minimum atomic E-state index is -4.89. The molecule has 1 amide bonds. The third-order valence-electron chi connectivity index (χ3n) is 3.68. The number of carboxylic acid groups (broad SMARTS) is 1. The van der Waals surface area contributed by atoms with Crippen LogP contribution >= 0.6 is 0 Å². The van der Waals surface area contributed by atoms with Gasteiger partial charge in [0, 0.05) is 17.7 Å². The van der Waals surface area contributed by atoms with Gasteiger partial charge in [0.25, 0.3) is 0 Å². The Labute approximate surface area is 170 Å². The predicted octanol–water partition coefficient (Wildman–Crippen LogP) is 4.50. The number of amides is 1. The smallest absolute Gasteiger partial charge is 0.433 e. The zero-order chi connectivity index (χ0) is 22.7. The van der Waals surface area contributed by atoms with Gasteiger partial charge in [-0.05, 0) is 36.8 Å². The summed E-state index contributed by atoms with van der Waals surface area (Å²) in [6.45, 7) is 4.59. The van der Waals surface area contributed by atoms with Crippen LogP contribution in [0.3, 0.4) is 0 Å². The number of anilines is 1. The molecule has 0 aliphatic heterocycles. The fourth-order valence-corrected chi connectivity index (χ4v) is 2.17. The van der Waals surface area contributed by atoms with E-state index in [1.165, 1.54) is 25.1 Å². The van der Waals surface area contributed by atoms with E-state index >= 15 is 0 Å². The first kappa shape index (κ1) is 25.0. The number of aliphatic imine (C=N–C) groups is 1. The first-order valence-electron chi connectivity index (χ1n) is 8.93. The molecule has 30 heavy (non-hydrogen) atoms. The zero-order valence-corrected chi connectivity index (χ0v) is 16.2. The number of nitrogens with zero attached hydrogens (tertiary/aromatic N) is 1. The number of hydrogen-bond acceptors (Lipinski definition) is 4. The quantitative estimate of drug-likeness (QED) is 0.234. The van der Waals surface area contributed by atoms with Crippen molar-refractivity contribution in [2.75, 3.05) is 11.9 Å². The molecular formula is C20H22F4N2O4. The highest BCUT2D eigenvalue weighted by Gasteiger charge is 2.35. The molecule has 2 N–H and O–H groups in total. The number of allylic oxidation sites excluding steroid dienone is 1. The molecule has 0 fully saturated rings. The second-order valence-electron chi connectivity index (χ2n) is 6.00. The summed E-state index contributed by atoms with van der Waals surface area (Å²) in [6, 6.07) is 5.03. The summed E-state index contributed by atoms with van der Waals surface area (Å²) in [5.74, 6) is -2.43. The molecule has 0 saturated carbocycles. The largest absolute Gasteiger partial charge is 0.478 e. The van der Waals surface area contributed by atoms with Crippen LogP contribution in [0.5, 0.6) is 0 Å². The molecular weight excluding hydrogens is 408 g/mol. The fraction of sp³-hybridized carbons (Fsp3) is 0.350. The Bertz CT molecular complexity index is 802. The standard InChI is InChI=1S/C20H22F4N2O4/c1-3-5-18(26-16(20(22,23)24)12-13(4-2)19(28)29)30-11-10-17(27)25-15-8-6-14(21)7-9-15/h3,6-9,12,18H,1,4-5,10-11H2,2H3,(H,25,27)(H,28,29)/b13-12+,26-16+. The predicted molar refractivity (Wildman–Crippen MR) is 104 cm³/mol. The Hall–Kier alpha value is -3.01. The van der Waals surface area contributed by atoms with E-state index in [0.29, 0.717) is 11.8 Å². The number of halogens is 4. The summed E-state index contributed by atoms with van der Waals surface area (Å²) in [6.07, 6.45) is -4.83. The maximum atomic E-state index is 13.3. The number of benzene rings is 1. The van der Waals surface area contributed by atoms with Crippen molar-refractivity contribution < 1.29 is 37.0 Å². The number of carbonyl (C=O) groups excluding carboxylic acids is 1. The molecule has 1 aromatic rings. The van der Waals surface area contributed by atoms with Crippen molar-refractivity contribution in [2.24, 2.45) is 4.99 Å². The van der Waals surface area contributed by atoms with Crippen molar-refractivity contribution >= 4 is 23.3 Å². The highest BCUT2D eigenvalue weighted by molar-refractivity contribution is 6.04. The zero-order valence-electron chi connectivity index (χ0n) is 16.2. The average molecular weight is 430 g/mol. The summed E-state index contributed by atoms with van der Waals surface area (Å²) < 4.78 is 57.9. The number of rotatable bonds is 11. The average Bonchev–Trinajstić information content (AvgIpc) is 2.65. The number of carboxylic acids is 1. The van der Waals surface area contributed by atoms with Crippen LogP contribution in [0.4, 0.5) is 23.2 Å². The van der Waals surface area contributed by atoms with Crippen LogP contribution in [0.15, 0.2) is 53.6 Å². The van der Waals surface area contributed by atoms with Gasteiger partial charge >= 0.3 is 12.1 Å². The highest BCUT2D eigenvalue weighted by atomic mass is 19.4. The third-order valence-corrected chi connectivity index (χ3v) is 3.68. The number of alkyl halides is 3. The SMILES string of the molecule is C=CCC(/N=C(\C=C(/CC)C(=O)O)C(F)(F)F)OCCC(=O)Nc1ccc(F)cc1. The van der Waals surface area contributed by atoms with Crippen LogP contribution in [0.2, 0.25) is 0 Å². The van der Waals surface area contributed by atoms with Gasteiger partial charge in [-0.2, -0.15) is 13.2 Å². The molecule has 0 aromatic heterocycles. The molecule has 1 aromatic carbocycles. The van der Waals surface area contributed by atoms with E-state index in [0.717, 1.165) is 12.1 Å². The van der Waals surface area contributed by atoms with Crippen molar-refractivity contribution in [1.29, 1.82) is 0 Å². The molecule has 0 aliphatic carbocycles. The minimum Gasteiger partial charge on any atom is -0.478 e. The fourth-order valence-electron chi connectivity index (χ4n) is 2.17. The first-order chi connectivity index (χ1) is 14.1. The van der Waals surface area contributed by atoms with Gasteiger partial charge in [0.2, 0.25) is 5.91 Å². The monoisotopic (exact) mass is 430 g/mol. The summed E-state index contributed by atoms with van der Waals surface area (Å²) in [7, 11) is 0. The van der Waals surface area contributed by atoms with E-state index in [9.17, 15) is 27.2 Å². The van der Waals surface area contributed by atoms with Crippen molar-refractivity contribution in [1.82, 2.24) is 0 Å². The van der Waals surface area contributed by atoms with E-state index in [4.69, 9.17) is 9.84 Å². The summed E-state index contributed by atoms with van der Waals surface area (Å²) >= 11 is 0. The molecule has 0 heterocycles. The molecule has 0 radical (unpaired) electrons. The maximum absolute atomic E-state index is 13.3. The molecule has 1 atom stereocenters. The second kappa shape index (κ2) is 11.9. The van der Waals surface area contributed by atoms with E-state index in [-0.39, 0.29) is 25.9 Å². The number of carbonyl (C=O) groups is 2. The number of hydrogen-bond donors (Lipinski definition) is 2. The maximum Gasteiger partial charge on any atom is 0.433 e. The molecule has 6 nitrogen and oxygen atoms in total. The van der Waals surface area contributed by atoms with Gasteiger partial charge in [-0.15, -0.1) is 6.58 Å². The van der Waals surface area contributed by atoms with Gasteiger partial charge in [0.05, 0.1) is 13.0 Å². The van der Waals surface area contributed by atoms with E-state index in [1.807, 2.05) is 0 Å². The van der Waals surface area contributed by atoms with Gasteiger partial charge in [0.1, 0.15) is 11.5 Å². The molecule has 10 heteroatoms. The van der Waals surface area contributed by atoms with Gasteiger partial charge in [-0.25, -0.2) is 14.2 Å². The topological polar surface area (TPSA) is 88.0 Å². The van der Waals surface area contributed by atoms with Crippen LogP contribution in [0, 0.1) is 5.82 Å². The lowest BCUT2D eigenvalue weighted by Gasteiger charge is -2.15. The summed E-state index contributed by atoms with van der Waals surface area (Å²) in [4.78, 5) is 26.4. The van der Waals surface area contributed by atoms with Gasteiger partial charge in [0.15, 0.2) is 6.23 Å².